The Morgan fingerprint density at radius 3 is 2.32 bits per heavy atom. The second kappa shape index (κ2) is 8.27. The lowest BCUT2D eigenvalue weighted by molar-refractivity contribution is 0.112. The molecule has 1 unspecified atom stereocenters. The van der Waals surface area contributed by atoms with Crippen LogP contribution in [0.25, 0.3) is 11.1 Å². The van der Waals surface area contributed by atoms with Crippen LogP contribution in [0.15, 0.2) is 48.5 Å². The highest BCUT2D eigenvalue weighted by molar-refractivity contribution is 7.90. The molecule has 5 nitrogen and oxygen atoms in total. The van der Waals surface area contributed by atoms with Crippen LogP contribution in [0.5, 0.6) is 5.75 Å². The molecule has 2 aromatic carbocycles. The molecule has 134 valence electrons. The maximum Gasteiger partial charge on any atom is 0.214 e. The summed E-state index contributed by atoms with van der Waals surface area (Å²) in [5, 5.41) is -0.471. The number of carbonyl (C=O) groups is 1. The molecule has 0 saturated heterocycles. The molecule has 0 spiro atoms. The number of rotatable bonds is 8. The highest BCUT2D eigenvalue weighted by atomic mass is 32.2. The Hall–Kier alpha value is -2.18. The van der Waals surface area contributed by atoms with Gasteiger partial charge in [0.05, 0.1) is 5.25 Å². The van der Waals surface area contributed by atoms with Crippen molar-refractivity contribution >= 4 is 16.3 Å². The molecule has 25 heavy (non-hydrogen) atoms. The summed E-state index contributed by atoms with van der Waals surface area (Å²) >= 11 is 0. The van der Waals surface area contributed by atoms with Gasteiger partial charge in [-0.3, -0.25) is 4.79 Å². The lowest BCUT2D eigenvalue weighted by Gasteiger charge is -2.17. The van der Waals surface area contributed by atoms with E-state index in [4.69, 9.17) is 4.74 Å². The predicted molar refractivity (Wildman–Crippen MR) is 99.4 cm³/mol. The Balaban J connectivity index is 1.99. The van der Waals surface area contributed by atoms with Crippen molar-refractivity contribution in [1.29, 1.82) is 0 Å². The van der Waals surface area contributed by atoms with E-state index in [2.05, 4.69) is 4.72 Å². The Kier molecular flexibility index (Phi) is 6.33. The van der Waals surface area contributed by atoms with Gasteiger partial charge in [-0.15, -0.1) is 0 Å². The number of ether oxygens (including phenoxy) is 1. The minimum Gasteiger partial charge on any atom is -0.489 e. The molecule has 0 radical (unpaired) electrons. The third-order valence-corrected chi connectivity index (χ3v) is 5.55. The van der Waals surface area contributed by atoms with Crippen molar-refractivity contribution in [2.45, 2.75) is 32.1 Å². The van der Waals surface area contributed by atoms with Gasteiger partial charge in [0.15, 0.2) is 0 Å². The van der Waals surface area contributed by atoms with Crippen LogP contribution in [0.1, 0.15) is 31.1 Å². The molecule has 1 N–H and O–H groups in total. The molecule has 6 heteroatoms. The number of sulfonamides is 1. The first-order chi connectivity index (χ1) is 11.8. The van der Waals surface area contributed by atoms with Crippen LogP contribution >= 0.6 is 0 Å². The van der Waals surface area contributed by atoms with Crippen LogP contribution < -0.4 is 9.46 Å². The van der Waals surface area contributed by atoms with Crippen molar-refractivity contribution in [3.8, 4) is 16.9 Å². The van der Waals surface area contributed by atoms with Crippen LogP contribution in [-0.2, 0) is 10.0 Å². The standard InChI is InChI=1S/C19H23NO4S/c1-14(2)25(22,23)20-12-15(3)24-19-9-7-17(8-10-19)18-6-4-5-16(11-18)13-21/h4-11,13-15,20H,12H2,1-3H3. The monoisotopic (exact) mass is 361 g/mol. The highest BCUT2D eigenvalue weighted by Crippen LogP contribution is 2.23. The lowest BCUT2D eigenvalue weighted by atomic mass is 10.0. The number of aldehydes is 1. The van der Waals surface area contributed by atoms with Crippen LogP contribution in [-0.4, -0.2) is 32.6 Å². The van der Waals surface area contributed by atoms with Crippen molar-refractivity contribution in [3.05, 3.63) is 54.1 Å². The summed E-state index contributed by atoms with van der Waals surface area (Å²) in [4.78, 5) is 10.9. The molecule has 0 heterocycles. The lowest BCUT2D eigenvalue weighted by Crippen LogP contribution is -2.37. The van der Waals surface area contributed by atoms with E-state index >= 15 is 0 Å². The molecule has 0 aliphatic carbocycles. The fourth-order valence-corrected chi connectivity index (χ4v) is 2.99. The van der Waals surface area contributed by atoms with Gasteiger partial charge in [0, 0.05) is 12.1 Å². The average molecular weight is 361 g/mol. The number of benzene rings is 2. The normalized spacial score (nSPS) is 12.8. The predicted octanol–water partition coefficient (Wildman–Crippen LogP) is 3.26. The van der Waals surface area contributed by atoms with Gasteiger partial charge in [-0.2, -0.15) is 0 Å². The van der Waals surface area contributed by atoms with Crippen molar-refractivity contribution in [1.82, 2.24) is 4.72 Å². The minimum absolute atomic E-state index is 0.212. The second-order valence-electron chi connectivity index (χ2n) is 6.14. The van der Waals surface area contributed by atoms with Gasteiger partial charge in [0.25, 0.3) is 0 Å². The fraction of sp³-hybridized carbons (Fsp3) is 0.316. The van der Waals surface area contributed by atoms with Gasteiger partial charge in [0.2, 0.25) is 10.0 Å². The van der Waals surface area contributed by atoms with E-state index < -0.39 is 15.3 Å². The van der Waals surface area contributed by atoms with Crippen molar-refractivity contribution in [2.24, 2.45) is 0 Å². The minimum atomic E-state index is -3.29. The topological polar surface area (TPSA) is 72.5 Å². The first kappa shape index (κ1) is 19.1. The van der Waals surface area contributed by atoms with Crippen LogP contribution in [0.2, 0.25) is 0 Å². The van der Waals surface area contributed by atoms with Crippen molar-refractivity contribution in [3.63, 3.8) is 0 Å². The Labute approximate surface area is 149 Å². The fourth-order valence-electron chi connectivity index (χ4n) is 2.19. The zero-order valence-corrected chi connectivity index (χ0v) is 15.4. The molecule has 0 amide bonds. The van der Waals surface area contributed by atoms with E-state index in [1.165, 1.54) is 0 Å². The second-order valence-corrected chi connectivity index (χ2v) is 8.46. The summed E-state index contributed by atoms with van der Waals surface area (Å²) in [6.45, 7) is 5.28. The smallest absolute Gasteiger partial charge is 0.214 e. The Morgan fingerprint density at radius 1 is 1.04 bits per heavy atom. The first-order valence-electron chi connectivity index (χ1n) is 8.12. The number of nitrogens with one attached hydrogen (secondary N) is 1. The molecule has 0 saturated carbocycles. The van der Waals surface area contributed by atoms with Crippen LogP contribution in [0.3, 0.4) is 0 Å². The number of hydrogen-bond donors (Lipinski definition) is 1. The van der Waals surface area contributed by atoms with Gasteiger partial charge in [-0.05, 0) is 50.1 Å². The van der Waals surface area contributed by atoms with E-state index in [1.54, 1.807) is 19.9 Å². The van der Waals surface area contributed by atoms with Crippen LogP contribution in [0, 0.1) is 0 Å². The van der Waals surface area contributed by atoms with Gasteiger partial charge in [-0.1, -0.05) is 30.3 Å². The summed E-state index contributed by atoms with van der Waals surface area (Å²) in [5.41, 5.74) is 2.56. The van der Waals surface area contributed by atoms with Gasteiger partial charge in [-0.25, -0.2) is 13.1 Å². The zero-order valence-electron chi connectivity index (χ0n) is 14.6. The van der Waals surface area contributed by atoms with E-state index in [-0.39, 0.29) is 12.6 Å². The van der Waals surface area contributed by atoms with Gasteiger partial charge < -0.3 is 4.74 Å². The van der Waals surface area contributed by atoms with E-state index in [0.29, 0.717) is 11.3 Å². The van der Waals surface area contributed by atoms with E-state index in [0.717, 1.165) is 17.4 Å². The first-order valence-corrected chi connectivity index (χ1v) is 9.67. The molecule has 0 aliphatic heterocycles. The Morgan fingerprint density at radius 2 is 1.72 bits per heavy atom. The molecule has 2 aromatic rings. The SMILES string of the molecule is CC(CNS(=O)(=O)C(C)C)Oc1ccc(-c2cccc(C=O)c2)cc1. The average Bonchev–Trinajstić information content (AvgIpc) is 2.60. The number of hydrogen-bond acceptors (Lipinski definition) is 4. The molecule has 1 atom stereocenters. The number of carbonyl (C=O) groups excluding carboxylic acids is 1. The zero-order chi connectivity index (χ0) is 18.4. The highest BCUT2D eigenvalue weighted by Gasteiger charge is 2.16. The quantitative estimate of drug-likeness (QED) is 0.733. The largest absolute Gasteiger partial charge is 0.489 e. The van der Waals surface area contributed by atoms with Crippen LogP contribution in [0.4, 0.5) is 0 Å². The van der Waals surface area contributed by atoms with Gasteiger partial charge in [0.1, 0.15) is 18.1 Å². The summed E-state index contributed by atoms with van der Waals surface area (Å²) in [5.74, 6) is 0.659. The molecule has 0 fully saturated rings. The molecule has 2 rings (SSSR count). The summed E-state index contributed by atoms with van der Waals surface area (Å²) in [6.07, 6.45) is 0.527. The third kappa shape index (κ3) is 5.41. The van der Waals surface area contributed by atoms with Crippen molar-refractivity contribution < 1.29 is 17.9 Å². The maximum absolute atomic E-state index is 11.7. The van der Waals surface area contributed by atoms with Crippen molar-refractivity contribution in [2.75, 3.05) is 6.54 Å². The van der Waals surface area contributed by atoms with Gasteiger partial charge >= 0.3 is 0 Å². The molecular weight excluding hydrogens is 338 g/mol. The molecular formula is C19H23NO4S. The summed E-state index contributed by atoms with van der Waals surface area (Å²) in [7, 11) is -3.29. The molecule has 0 aromatic heterocycles. The third-order valence-electron chi connectivity index (χ3n) is 3.74. The maximum atomic E-state index is 11.7. The van der Waals surface area contributed by atoms with E-state index in [9.17, 15) is 13.2 Å². The summed E-state index contributed by atoms with van der Waals surface area (Å²) < 4.78 is 31.8. The molecule has 0 aliphatic rings. The summed E-state index contributed by atoms with van der Waals surface area (Å²) in [6, 6.07) is 14.8. The van der Waals surface area contributed by atoms with E-state index in [1.807, 2.05) is 49.4 Å². The molecule has 0 bridgehead atoms. The Bertz CT molecular complexity index is 814.